The summed E-state index contributed by atoms with van der Waals surface area (Å²) in [5.74, 6) is 0.382. The van der Waals surface area contributed by atoms with Crippen LogP contribution in [0.3, 0.4) is 0 Å². The summed E-state index contributed by atoms with van der Waals surface area (Å²) in [6.45, 7) is 2.61. The Bertz CT molecular complexity index is 446. The zero-order valence-corrected chi connectivity index (χ0v) is 10.4. The molecule has 5 heteroatoms. The number of aliphatic hydroxyl groups is 1. The van der Waals surface area contributed by atoms with Gasteiger partial charge in [0.1, 0.15) is 5.75 Å². The van der Waals surface area contributed by atoms with Gasteiger partial charge in [-0.3, -0.25) is 4.79 Å². The van der Waals surface area contributed by atoms with Crippen molar-refractivity contribution in [1.29, 1.82) is 0 Å². The van der Waals surface area contributed by atoms with E-state index in [-0.39, 0.29) is 12.5 Å². The average Bonchev–Trinajstić information content (AvgIpc) is 2.68. The second-order valence-electron chi connectivity index (χ2n) is 4.89. The molecule has 1 aliphatic rings. The second kappa shape index (κ2) is 4.86. The van der Waals surface area contributed by atoms with Crippen LogP contribution in [0.15, 0.2) is 24.3 Å². The summed E-state index contributed by atoms with van der Waals surface area (Å²) in [6, 6.07) is 7.06. The number of benzene rings is 1. The summed E-state index contributed by atoms with van der Waals surface area (Å²) >= 11 is 0. The van der Waals surface area contributed by atoms with Crippen LogP contribution in [0.25, 0.3) is 0 Å². The number of nitrogens with zero attached hydrogens (tertiary/aromatic N) is 1. The van der Waals surface area contributed by atoms with Crippen LogP contribution < -0.4 is 10.5 Å². The van der Waals surface area contributed by atoms with Crippen LogP contribution in [0, 0.1) is 0 Å². The first-order valence-corrected chi connectivity index (χ1v) is 5.95. The standard InChI is InChI=1S/C13H18N2O3/c1-13(17)6-7-15(9-13)12(16)8-18-11-5-3-2-4-10(11)14/h2-5,17H,6-9,14H2,1H3. The van der Waals surface area contributed by atoms with Crippen molar-refractivity contribution < 1.29 is 14.6 Å². The summed E-state index contributed by atoms with van der Waals surface area (Å²) in [7, 11) is 0. The zero-order chi connectivity index (χ0) is 13.2. The Kier molecular flexibility index (Phi) is 3.43. The van der Waals surface area contributed by atoms with Gasteiger partial charge >= 0.3 is 0 Å². The lowest BCUT2D eigenvalue weighted by Crippen LogP contribution is -2.36. The van der Waals surface area contributed by atoms with E-state index in [1.54, 1.807) is 30.0 Å². The van der Waals surface area contributed by atoms with Crippen LogP contribution in [0.2, 0.25) is 0 Å². The minimum Gasteiger partial charge on any atom is -0.482 e. The van der Waals surface area contributed by atoms with Crippen molar-refractivity contribution in [1.82, 2.24) is 4.90 Å². The number of likely N-dealkylation sites (tertiary alicyclic amines) is 1. The maximum atomic E-state index is 11.9. The zero-order valence-electron chi connectivity index (χ0n) is 10.4. The molecule has 1 unspecified atom stereocenters. The minimum atomic E-state index is -0.776. The largest absolute Gasteiger partial charge is 0.482 e. The maximum Gasteiger partial charge on any atom is 0.260 e. The van der Waals surface area contributed by atoms with Gasteiger partial charge in [-0.2, -0.15) is 0 Å². The normalized spacial score (nSPS) is 23.1. The lowest BCUT2D eigenvalue weighted by atomic mass is 10.1. The Hall–Kier alpha value is -1.75. The molecule has 3 N–H and O–H groups in total. The van der Waals surface area contributed by atoms with E-state index in [1.165, 1.54) is 0 Å². The number of carbonyl (C=O) groups is 1. The van der Waals surface area contributed by atoms with Gasteiger partial charge in [-0.05, 0) is 25.5 Å². The number of nitrogens with two attached hydrogens (primary N) is 1. The molecule has 0 bridgehead atoms. The van der Waals surface area contributed by atoms with Crippen molar-refractivity contribution in [2.45, 2.75) is 18.9 Å². The average molecular weight is 250 g/mol. The Morgan fingerprint density at radius 1 is 1.56 bits per heavy atom. The van der Waals surface area contributed by atoms with E-state index < -0.39 is 5.60 Å². The smallest absolute Gasteiger partial charge is 0.260 e. The number of β-amino-alcohol motifs (C(OH)–C–C–N with tert-alkyl or cyclic N) is 1. The second-order valence-corrected chi connectivity index (χ2v) is 4.89. The fourth-order valence-electron chi connectivity index (χ4n) is 2.00. The highest BCUT2D eigenvalue weighted by molar-refractivity contribution is 5.78. The van der Waals surface area contributed by atoms with Gasteiger partial charge in [0.15, 0.2) is 6.61 Å². The molecule has 0 spiro atoms. The van der Waals surface area contributed by atoms with Crippen molar-refractivity contribution in [3.63, 3.8) is 0 Å². The van der Waals surface area contributed by atoms with Crippen LogP contribution in [0.1, 0.15) is 13.3 Å². The van der Waals surface area contributed by atoms with E-state index in [1.807, 2.05) is 6.07 Å². The summed E-state index contributed by atoms with van der Waals surface area (Å²) in [5, 5.41) is 9.79. The molecule has 1 aromatic carbocycles. The van der Waals surface area contributed by atoms with Crippen LogP contribution in [-0.2, 0) is 4.79 Å². The van der Waals surface area contributed by atoms with Gasteiger partial charge in [-0.25, -0.2) is 0 Å². The lowest BCUT2D eigenvalue weighted by molar-refractivity contribution is -0.133. The van der Waals surface area contributed by atoms with Crippen LogP contribution in [0.5, 0.6) is 5.75 Å². The molecule has 18 heavy (non-hydrogen) atoms. The Balaban J connectivity index is 1.88. The fourth-order valence-corrected chi connectivity index (χ4v) is 2.00. The van der Waals surface area contributed by atoms with E-state index in [0.717, 1.165) is 0 Å². The van der Waals surface area contributed by atoms with E-state index in [2.05, 4.69) is 0 Å². The van der Waals surface area contributed by atoms with Gasteiger partial charge in [-0.1, -0.05) is 12.1 Å². The summed E-state index contributed by atoms with van der Waals surface area (Å²) in [6.07, 6.45) is 0.603. The Labute approximate surface area is 106 Å². The molecule has 98 valence electrons. The Morgan fingerprint density at radius 3 is 2.89 bits per heavy atom. The highest BCUT2D eigenvalue weighted by atomic mass is 16.5. The van der Waals surface area contributed by atoms with Gasteiger partial charge in [0, 0.05) is 13.1 Å². The number of hydrogen-bond acceptors (Lipinski definition) is 4. The minimum absolute atomic E-state index is 0.0513. The molecule has 1 aliphatic heterocycles. The van der Waals surface area contributed by atoms with E-state index in [9.17, 15) is 9.90 Å². The molecule has 0 saturated carbocycles. The molecule has 2 rings (SSSR count). The third-order valence-corrected chi connectivity index (χ3v) is 3.07. The fraction of sp³-hybridized carbons (Fsp3) is 0.462. The molecule has 1 aromatic rings. The van der Waals surface area contributed by atoms with Crippen molar-refractivity contribution >= 4 is 11.6 Å². The van der Waals surface area contributed by atoms with Crippen LogP contribution >= 0.6 is 0 Å². The molecule has 0 radical (unpaired) electrons. The van der Waals surface area contributed by atoms with E-state index >= 15 is 0 Å². The van der Waals surface area contributed by atoms with Gasteiger partial charge in [0.05, 0.1) is 11.3 Å². The van der Waals surface area contributed by atoms with E-state index in [0.29, 0.717) is 30.9 Å². The number of ether oxygens (including phenoxy) is 1. The van der Waals surface area contributed by atoms with Crippen LogP contribution in [-0.4, -0.2) is 41.2 Å². The molecule has 0 aromatic heterocycles. The van der Waals surface area contributed by atoms with Crippen molar-refractivity contribution in [3.05, 3.63) is 24.3 Å². The summed E-state index contributed by atoms with van der Waals surface area (Å²) in [4.78, 5) is 13.5. The van der Waals surface area contributed by atoms with Crippen molar-refractivity contribution in [3.8, 4) is 5.75 Å². The first-order chi connectivity index (χ1) is 8.48. The van der Waals surface area contributed by atoms with E-state index in [4.69, 9.17) is 10.5 Å². The number of amides is 1. The third-order valence-electron chi connectivity index (χ3n) is 3.07. The number of anilines is 1. The topological polar surface area (TPSA) is 75.8 Å². The number of carbonyl (C=O) groups excluding carboxylic acids is 1. The Morgan fingerprint density at radius 2 is 2.28 bits per heavy atom. The molecule has 1 heterocycles. The van der Waals surface area contributed by atoms with Gasteiger partial charge in [0.25, 0.3) is 5.91 Å². The van der Waals surface area contributed by atoms with Crippen LogP contribution in [0.4, 0.5) is 5.69 Å². The number of hydrogen-bond donors (Lipinski definition) is 2. The molecule has 1 fully saturated rings. The number of rotatable bonds is 3. The van der Waals surface area contributed by atoms with Gasteiger partial charge < -0.3 is 20.5 Å². The van der Waals surface area contributed by atoms with Gasteiger partial charge in [0.2, 0.25) is 0 Å². The monoisotopic (exact) mass is 250 g/mol. The van der Waals surface area contributed by atoms with Crippen molar-refractivity contribution in [2.75, 3.05) is 25.4 Å². The number of para-hydroxylation sites is 2. The molecule has 1 atom stereocenters. The molecule has 1 saturated heterocycles. The van der Waals surface area contributed by atoms with Crippen molar-refractivity contribution in [2.24, 2.45) is 0 Å². The summed E-state index contributed by atoms with van der Waals surface area (Å²) < 4.78 is 5.38. The summed E-state index contributed by atoms with van der Waals surface area (Å²) in [5.41, 5.74) is 5.45. The number of nitrogen functional groups attached to an aromatic ring is 1. The maximum absolute atomic E-state index is 11.9. The quantitative estimate of drug-likeness (QED) is 0.772. The highest BCUT2D eigenvalue weighted by Gasteiger charge is 2.33. The highest BCUT2D eigenvalue weighted by Crippen LogP contribution is 2.22. The lowest BCUT2D eigenvalue weighted by Gasteiger charge is -2.19. The molecule has 1 amide bonds. The third kappa shape index (κ3) is 2.92. The molecule has 5 nitrogen and oxygen atoms in total. The predicted molar refractivity (Wildman–Crippen MR) is 68.2 cm³/mol. The molecular formula is C13H18N2O3. The molecule has 0 aliphatic carbocycles. The first kappa shape index (κ1) is 12.7. The SMILES string of the molecule is CC1(O)CCN(C(=O)COc2ccccc2N)C1. The first-order valence-electron chi connectivity index (χ1n) is 5.95. The van der Waals surface area contributed by atoms with Gasteiger partial charge in [-0.15, -0.1) is 0 Å². The molecular weight excluding hydrogens is 232 g/mol. The predicted octanol–water partition coefficient (Wildman–Crippen LogP) is 0.631.